The molecule has 0 fully saturated rings. The molecule has 1 aromatic carbocycles. The Morgan fingerprint density at radius 1 is 1.13 bits per heavy atom. The number of esters is 2. The molecule has 0 radical (unpaired) electrons. The maximum Gasteiger partial charge on any atom is 0.337 e. The van der Waals surface area contributed by atoms with Gasteiger partial charge in [0.1, 0.15) is 11.6 Å². The van der Waals surface area contributed by atoms with Crippen molar-refractivity contribution in [1.82, 2.24) is 4.57 Å². The van der Waals surface area contributed by atoms with Gasteiger partial charge in [0.05, 0.1) is 44.2 Å². The van der Waals surface area contributed by atoms with Crippen LogP contribution >= 0.6 is 0 Å². The van der Waals surface area contributed by atoms with Crippen LogP contribution in [-0.2, 0) is 16.0 Å². The van der Waals surface area contributed by atoms with Gasteiger partial charge in [0.15, 0.2) is 5.69 Å². The van der Waals surface area contributed by atoms with E-state index in [1.165, 1.54) is 39.3 Å². The molecule has 2 N–H and O–H groups in total. The number of nitriles is 1. The molecule has 11 nitrogen and oxygen atoms in total. The quantitative estimate of drug-likeness (QED) is 0.533. The van der Waals surface area contributed by atoms with Crippen LogP contribution in [0.15, 0.2) is 33.2 Å². The van der Waals surface area contributed by atoms with Crippen LogP contribution in [-0.4, -0.2) is 47.5 Å². The number of carbonyl (C=O) groups excluding carboxylic acids is 2. The Labute approximate surface area is 170 Å². The molecule has 30 heavy (non-hydrogen) atoms. The molecular weight excluding hydrogens is 396 g/mol. The minimum absolute atomic E-state index is 0.0123. The van der Waals surface area contributed by atoms with E-state index >= 15 is 0 Å². The van der Waals surface area contributed by atoms with Crippen molar-refractivity contribution in [1.29, 1.82) is 5.26 Å². The molecule has 0 aliphatic heterocycles. The van der Waals surface area contributed by atoms with Crippen LogP contribution in [0.25, 0.3) is 0 Å². The number of aliphatic hydroxyl groups is 1. The monoisotopic (exact) mass is 414 g/mol. The summed E-state index contributed by atoms with van der Waals surface area (Å²) in [5.41, 5.74) is -1.07. The molecule has 1 aromatic heterocycles. The highest BCUT2D eigenvalue weighted by molar-refractivity contribution is 5.96. The van der Waals surface area contributed by atoms with Gasteiger partial charge < -0.3 is 19.7 Å². The number of rotatable bonds is 6. The second kappa shape index (κ2) is 9.44. The SMILES string of the molecule is COC(=O)c1cc(N=Nc2c(C)c(C#N)c(=O)n(CCO)c2O)cc(C(=O)OC)c1. The van der Waals surface area contributed by atoms with Gasteiger partial charge in [-0.3, -0.25) is 9.36 Å². The van der Waals surface area contributed by atoms with Gasteiger partial charge in [-0.05, 0) is 25.1 Å². The van der Waals surface area contributed by atoms with Crippen molar-refractivity contribution in [2.75, 3.05) is 20.8 Å². The molecule has 156 valence electrons. The summed E-state index contributed by atoms with van der Waals surface area (Å²) in [6.07, 6.45) is 0. The topological polar surface area (TPSA) is 164 Å². The Kier molecular flexibility index (Phi) is 7.00. The van der Waals surface area contributed by atoms with E-state index in [0.717, 1.165) is 4.57 Å². The minimum Gasteiger partial charge on any atom is -0.493 e. The molecule has 0 aliphatic carbocycles. The largest absolute Gasteiger partial charge is 0.493 e. The molecule has 0 atom stereocenters. The van der Waals surface area contributed by atoms with Crippen molar-refractivity contribution < 1.29 is 29.3 Å². The Morgan fingerprint density at radius 3 is 2.17 bits per heavy atom. The number of benzene rings is 1. The first kappa shape index (κ1) is 22.3. The fraction of sp³-hybridized carbons (Fsp3) is 0.263. The maximum absolute atomic E-state index is 12.3. The molecule has 0 saturated carbocycles. The summed E-state index contributed by atoms with van der Waals surface area (Å²) in [5, 5.41) is 36.6. The van der Waals surface area contributed by atoms with Gasteiger partial charge in [0.2, 0.25) is 5.88 Å². The van der Waals surface area contributed by atoms with Crippen LogP contribution in [0.1, 0.15) is 31.8 Å². The number of aliphatic hydroxyl groups excluding tert-OH is 1. The smallest absolute Gasteiger partial charge is 0.337 e. The van der Waals surface area contributed by atoms with Gasteiger partial charge in [-0.2, -0.15) is 10.4 Å². The number of methoxy groups -OCH3 is 2. The number of aromatic nitrogens is 1. The summed E-state index contributed by atoms with van der Waals surface area (Å²) < 4.78 is 10.1. The second-order valence-electron chi connectivity index (χ2n) is 5.92. The van der Waals surface area contributed by atoms with Gasteiger partial charge in [0, 0.05) is 5.56 Å². The van der Waals surface area contributed by atoms with E-state index in [9.17, 15) is 24.8 Å². The maximum atomic E-state index is 12.3. The van der Waals surface area contributed by atoms with Crippen LogP contribution in [0.4, 0.5) is 11.4 Å². The molecule has 2 aromatic rings. The Morgan fingerprint density at radius 2 is 1.70 bits per heavy atom. The highest BCUT2D eigenvalue weighted by Crippen LogP contribution is 2.32. The van der Waals surface area contributed by atoms with Crippen LogP contribution in [0, 0.1) is 18.3 Å². The standard InChI is InChI=1S/C19H18N4O7/c1-10-14(9-20)16(25)23(4-5-24)17(26)15(10)22-21-13-7-11(18(27)29-2)6-12(8-13)19(28)30-3/h6-8,24,26H,4-5H2,1-3H3. The molecule has 0 spiro atoms. The van der Waals surface area contributed by atoms with Crippen molar-refractivity contribution in [2.24, 2.45) is 10.2 Å². The first-order chi connectivity index (χ1) is 14.3. The average Bonchev–Trinajstić information content (AvgIpc) is 2.75. The van der Waals surface area contributed by atoms with E-state index in [0.29, 0.717) is 0 Å². The number of hydrogen-bond donors (Lipinski definition) is 2. The van der Waals surface area contributed by atoms with Gasteiger partial charge in [-0.1, -0.05) is 0 Å². The Balaban J connectivity index is 2.65. The lowest BCUT2D eigenvalue weighted by molar-refractivity contribution is 0.0599. The first-order valence-corrected chi connectivity index (χ1v) is 8.49. The van der Waals surface area contributed by atoms with Crippen LogP contribution in [0.5, 0.6) is 5.88 Å². The summed E-state index contributed by atoms with van der Waals surface area (Å²) >= 11 is 0. The predicted octanol–water partition coefficient (Wildman–Crippen LogP) is 1.71. The minimum atomic E-state index is -0.777. The number of nitrogens with zero attached hydrogens (tertiary/aromatic N) is 4. The van der Waals surface area contributed by atoms with Crippen LogP contribution < -0.4 is 5.56 Å². The van der Waals surface area contributed by atoms with Crippen molar-refractivity contribution in [2.45, 2.75) is 13.5 Å². The number of ether oxygens (including phenoxy) is 2. The lowest BCUT2D eigenvalue weighted by Gasteiger charge is -2.12. The van der Waals surface area contributed by atoms with Crippen molar-refractivity contribution >= 4 is 23.3 Å². The molecular formula is C19H18N4O7. The van der Waals surface area contributed by atoms with Crippen molar-refractivity contribution in [3.63, 3.8) is 0 Å². The zero-order chi connectivity index (χ0) is 22.4. The number of hydrogen-bond acceptors (Lipinski definition) is 10. The summed E-state index contributed by atoms with van der Waals surface area (Å²) in [4.78, 5) is 36.0. The van der Waals surface area contributed by atoms with Crippen LogP contribution in [0.3, 0.4) is 0 Å². The first-order valence-electron chi connectivity index (χ1n) is 8.49. The van der Waals surface area contributed by atoms with E-state index in [-0.39, 0.29) is 40.2 Å². The number of carbonyl (C=O) groups is 2. The average molecular weight is 414 g/mol. The molecule has 0 aliphatic rings. The molecule has 1 heterocycles. The third-order valence-electron chi connectivity index (χ3n) is 4.12. The van der Waals surface area contributed by atoms with Crippen LogP contribution in [0.2, 0.25) is 0 Å². The third-order valence-corrected chi connectivity index (χ3v) is 4.12. The number of aromatic hydroxyl groups is 1. The summed E-state index contributed by atoms with van der Waals surface area (Å²) in [5.74, 6) is -2.04. The summed E-state index contributed by atoms with van der Waals surface area (Å²) in [6, 6.07) is 5.59. The van der Waals surface area contributed by atoms with E-state index in [1.54, 1.807) is 6.07 Å². The fourth-order valence-electron chi connectivity index (χ4n) is 2.61. The van der Waals surface area contributed by atoms with E-state index in [1.807, 2.05) is 0 Å². The number of azo groups is 1. The van der Waals surface area contributed by atoms with Gasteiger partial charge >= 0.3 is 11.9 Å². The summed E-state index contributed by atoms with van der Waals surface area (Å²) in [7, 11) is 2.34. The van der Waals surface area contributed by atoms with E-state index < -0.39 is 30.0 Å². The van der Waals surface area contributed by atoms with Crippen molar-refractivity contribution in [3.8, 4) is 11.9 Å². The Bertz CT molecular complexity index is 1090. The highest BCUT2D eigenvalue weighted by Gasteiger charge is 2.19. The molecule has 0 unspecified atom stereocenters. The Hall–Kier alpha value is -4.04. The summed E-state index contributed by atoms with van der Waals surface area (Å²) in [6.45, 7) is 0.691. The van der Waals surface area contributed by atoms with E-state index in [4.69, 9.17) is 5.11 Å². The lowest BCUT2D eigenvalue weighted by Crippen LogP contribution is -2.25. The number of pyridine rings is 1. The molecule has 2 rings (SSSR count). The molecule has 0 amide bonds. The highest BCUT2D eigenvalue weighted by atomic mass is 16.5. The second-order valence-corrected chi connectivity index (χ2v) is 5.92. The van der Waals surface area contributed by atoms with Crippen molar-refractivity contribution in [3.05, 3.63) is 50.8 Å². The zero-order valence-corrected chi connectivity index (χ0v) is 16.4. The lowest BCUT2D eigenvalue weighted by atomic mass is 10.1. The zero-order valence-electron chi connectivity index (χ0n) is 16.4. The predicted molar refractivity (Wildman–Crippen MR) is 102 cm³/mol. The van der Waals surface area contributed by atoms with Gasteiger partial charge in [-0.15, -0.1) is 5.11 Å². The van der Waals surface area contributed by atoms with E-state index in [2.05, 4.69) is 19.7 Å². The normalized spacial score (nSPS) is 10.6. The molecule has 0 bridgehead atoms. The third kappa shape index (κ3) is 4.34. The van der Waals surface area contributed by atoms with Gasteiger partial charge in [-0.25, -0.2) is 9.59 Å². The fourth-order valence-corrected chi connectivity index (χ4v) is 2.61. The van der Waals surface area contributed by atoms with Gasteiger partial charge in [0.25, 0.3) is 5.56 Å². The molecule has 0 saturated heterocycles. The molecule has 11 heteroatoms.